The van der Waals surface area contributed by atoms with E-state index in [2.05, 4.69) is 14.8 Å². The summed E-state index contributed by atoms with van der Waals surface area (Å²) < 4.78 is 9.86. The van der Waals surface area contributed by atoms with Crippen molar-refractivity contribution in [3.8, 4) is 6.07 Å². The molecule has 0 aliphatic heterocycles. The van der Waals surface area contributed by atoms with Gasteiger partial charge in [-0.2, -0.15) is 5.26 Å². The minimum absolute atomic E-state index is 0.0191. The van der Waals surface area contributed by atoms with Crippen LogP contribution in [0.4, 0.5) is 10.5 Å². The summed E-state index contributed by atoms with van der Waals surface area (Å²) in [6.45, 7) is 1.71. The predicted molar refractivity (Wildman–Crippen MR) is 88.5 cm³/mol. The average Bonchev–Trinajstić information content (AvgIpc) is 2.62. The van der Waals surface area contributed by atoms with Crippen molar-refractivity contribution >= 4 is 17.7 Å². The van der Waals surface area contributed by atoms with Crippen LogP contribution >= 0.6 is 0 Å². The van der Waals surface area contributed by atoms with Gasteiger partial charge in [-0.3, -0.25) is 9.69 Å². The van der Waals surface area contributed by atoms with Crippen molar-refractivity contribution in [1.29, 1.82) is 5.26 Å². The van der Waals surface area contributed by atoms with Gasteiger partial charge in [-0.25, -0.2) is 4.79 Å². The number of esters is 1. The highest BCUT2D eigenvalue weighted by Crippen LogP contribution is 2.14. The largest absolute Gasteiger partial charge is 0.449 e. The Labute approximate surface area is 145 Å². The summed E-state index contributed by atoms with van der Waals surface area (Å²) >= 11 is 0. The quantitative estimate of drug-likeness (QED) is 0.293. The van der Waals surface area contributed by atoms with Crippen molar-refractivity contribution in [1.82, 2.24) is 4.90 Å². The number of rotatable bonds is 9. The number of carbonyl (C=O) groups is 2. The molecule has 0 aliphatic carbocycles. The maximum Gasteiger partial charge on any atom is 0.410 e. The van der Waals surface area contributed by atoms with Crippen LogP contribution in [0, 0.1) is 11.3 Å². The van der Waals surface area contributed by atoms with Crippen molar-refractivity contribution in [2.75, 3.05) is 19.7 Å². The molecule has 1 aromatic carbocycles. The molecule has 0 spiro atoms. The van der Waals surface area contributed by atoms with E-state index < -0.39 is 12.1 Å². The van der Waals surface area contributed by atoms with E-state index in [-0.39, 0.29) is 19.8 Å². The molecule has 9 heteroatoms. The van der Waals surface area contributed by atoms with Gasteiger partial charge in [-0.05, 0) is 17.5 Å². The lowest BCUT2D eigenvalue weighted by molar-refractivity contribution is -0.143. The van der Waals surface area contributed by atoms with Crippen molar-refractivity contribution < 1.29 is 19.1 Å². The zero-order valence-corrected chi connectivity index (χ0v) is 13.9. The minimum Gasteiger partial charge on any atom is -0.449 e. The van der Waals surface area contributed by atoms with E-state index in [9.17, 15) is 9.59 Å². The molecule has 1 amide bonds. The zero-order valence-electron chi connectivity index (χ0n) is 13.9. The third kappa shape index (κ3) is 7.72. The Morgan fingerprint density at radius 1 is 1.32 bits per heavy atom. The fourth-order valence-corrected chi connectivity index (χ4v) is 1.84. The molecule has 0 saturated carbocycles. The summed E-state index contributed by atoms with van der Waals surface area (Å²) in [6.07, 6.45) is 0.917. The fraction of sp³-hybridized carbons (Fsp3) is 0.438. The van der Waals surface area contributed by atoms with E-state index in [1.54, 1.807) is 30.3 Å². The van der Waals surface area contributed by atoms with Crippen LogP contribution in [0.25, 0.3) is 10.4 Å². The lowest BCUT2D eigenvalue weighted by Gasteiger charge is -2.20. The summed E-state index contributed by atoms with van der Waals surface area (Å²) in [7, 11) is 0. The SMILES string of the molecule is CCCCN(CC(=O)OCC#N)C(=O)OCc1ccc(N=[N+]=[N-])cc1. The van der Waals surface area contributed by atoms with Crippen LogP contribution in [-0.2, 0) is 20.9 Å². The number of ether oxygens (including phenoxy) is 2. The first kappa shape index (κ1) is 19.8. The molecule has 0 saturated heterocycles. The maximum absolute atomic E-state index is 12.2. The van der Waals surface area contributed by atoms with Gasteiger partial charge < -0.3 is 9.47 Å². The van der Waals surface area contributed by atoms with Gasteiger partial charge in [0.25, 0.3) is 0 Å². The van der Waals surface area contributed by atoms with E-state index in [4.69, 9.17) is 15.5 Å². The molecule has 0 radical (unpaired) electrons. The van der Waals surface area contributed by atoms with Crippen LogP contribution < -0.4 is 0 Å². The highest BCUT2D eigenvalue weighted by Gasteiger charge is 2.19. The number of benzene rings is 1. The van der Waals surface area contributed by atoms with Gasteiger partial charge in [0.1, 0.15) is 19.2 Å². The number of hydrogen-bond acceptors (Lipinski definition) is 6. The summed E-state index contributed by atoms with van der Waals surface area (Å²) in [6, 6.07) is 8.26. The molecule has 25 heavy (non-hydrogen) atoms. The van der Waals surface area contributed by atoms with Gasteiger partial charge in [-0.15, -0.1) is 0 Å². The van der Waals surface area contributed by atoms with Crippen LogP contribution in [0.15, 0.2) is 29.4 Å². The fourth-order valence-electron chi connectivity index (χ4n) is 1.84. The second kappa shape index (κ2) is 11.3. The van der Waals surface area contributed by atoms with Gasteiger partial charge in [-0.1, -0.05) is 42.7 Å². The Morgan fingerprint density at radius 3 is 2.64 bits per heavy atom. The molecule has 0 unspecified atom stereocenters. The molecule has 1 aromatic rings. The molecule has 0 aliphatic rings. The molecule has 0 aromatic heterocycles. The average molecular weight is 345 g/mol. The van der Waals surface area contributed by atoms with Crippen LogP contribution in [-0.4, -0.2) is 36.7 Å². The Kier molecular flexibility index (Phi) is 8.97. The van der Waals surface area contributed by atoms with Gasteiger partial charge in [0.2, 0.25) is 0 Å². The standard InChI is InChI=1S/C16H19N5O4/c1-2-3-9-21(11-15(22)24-10-8-17)16(23)25-12-13-4-6-14(7-5-13)19-20-18/h4-7H,2-3,9-12H2,1H3. The maximum atomic E-state index is 12.2. The van der Waals surface area contributed by atoms with Crippen molar-refractivity contribution in [3.05, 3.63) is 40.3 Å². The summed E-state index contributed by atoms with van der Waals surface area (Å²) in [5.41, 5.74) is 9.53. The summed E-state index contributed by atoms with van der Waals surface area (Å²) in [4.78, 5) is 27.7. The smallest absolute Gasteiger partial charge is 0.410 e. The Morgan fingerprint density at radius 2 is 2.04 bits per heavy atom. The first-order chi connectivity index (χ1) is 12.1. The monoisotopic (exact) mass is 345 g/mol. The highest BCUT2D eigenvalue weighted by molar-refractivity contribution is 5.78. The number of azide groups is 1. The lowest BCUT2D eigenvalue weighted by Crippen LogP contribution is -2.37. The molecular weight excluding hydrogens is 326 g/mol. The molecular formula is C16H19N5O4. The number of amides is 1. The second-order valence-corrected chi connectivity index (χ2v) is 5.00. The summed E-state index contributed by atoms with van der Waals surface area (Å²) in [5, 5.41) is 11.9. The second-order valence-electron chi connectivity index (χ2n) is 5.00. The number of carbonyl (C=O) groups excluding carboxylic acids is 2. The zero-order chi connectivity index (χ0) is 18.5. The molecule has 0 fully saturated rings. The van der Waals surface area contributed by atoms with Crippen LogP contribution in [0.3, 0.4) is 0 Å². The van der Waals surface area contributed by atoms with Gasteiger partial charge in [0, 0.05) is 17.1 Å². The number of unbranched alkanes of at least 4 members (excludes halogenated alkanes) is 1. The first-order valence-corrected chi connectivity index (χ1v) is 7.69. The van der Waals surface area contributed by atoms with Crippen LogP contribution in [0.2, 0.25) is 0 Å². The minimum atomic E-state index is -0.659. The van der Waals surface area contributed by atoms with Crippen LogP contribution in [0.1, 0.15) is 25.3 Å². The Bertz CT molecular complexity index is 662. The van der Waals surface area contributed by atoms with E-state index in [1.807, 2.05) is 6.92 Å². The number of nitrogens with zero attached hydrogens (tertiary/aromatic N) is 5. The Balaban J connectivity index is 2.59. The van der Waals surface area contributed by atoms with Gasteiger partial charge >= 0.3 is 12.1 Å². The third-order valence-corrected chi connectivity index (χ3v) is 3.12. The Hall–Kier alpha value is -3.24. The van der Waals surface area contributed by atoms with Crippen molar-refractivity contribution in [2.45, 2.75) is 26.4 Å². The first-order valence-electron chi connectivity index (χ1n) is 7.69. The molecule has 0 N–H and O–H groups in total. The molecule has 0 atom stereocenters. The van der Waals surface area contributed by atoms with E-state index >= 15 is 0 Å². The topological polar surface area (TPSA) is 128 Å². The molecule has 9 nitrogen and oxygen atoms in total. The number of nitriles is 1. The normalized spacial score (nSPS) is 9.44. The van der Waals surface area contributed by atoms with E-state index in [0.717, 1.165) is 6.42 Å². The molecule has 1 rings (SSSR count). The van der Waals surface area contributed by atoms with E-state index in [1.165, 1.54) is 4.90 Å². The third-order valence-electron chi connectivity index (χ3n) is 3.12. The lowest BCUT2D eigenvalue weighted by atomic mass is 10.2. The molecule has 0 bridgehead atoms. The number of hydrogen-bond donors (Lipinski definition) is 0. The summed E-state index contributed by atoms with van der Waals surface area (Å²) in [5.74, 6) is -0.659. The predicted octanol–water partition coefficient (Wildman–Crippen LogP) is 3.43. The highest BCUT2D eigenvalue weighted by atomic mass is 16.6. The molecule has 132 valence electrons. The van der Waals surface area contributed by atoms with Crippen molar-refractivity contribution in [3.63, 3.8) is 0 Å². The van der Waals surface area contributed by atoms with E-state index in [0.29, 0.717) is 24.2 Å². The van der Waals surface area contributed by atoms with Crippen molar-refractivity contribution in [2.24, 2.45) is 5.11 Å². The van der Waals surface area contributed by atoms with Gasteiger partial charge in [0.05, 0.1) is 0 Å². The van der Waals surface area contributed by atoms with Crippen LogP contribution in [0.5, 0.6) is 0 Å². The molecule has 0 heterocycles. The van der Waals surface area contributed by atoms with Gasteiger partial charge in [0.15, 0.2) is 6.61 Å².